The SMILES string of the molecule is CC(C)CN1CCN(Cc2cc(C(=O)O)ccc2F)CC1. The highest BCUT2D eigenvalue weighted by Gasteiger charge is 2.19. The molecule has 0 atom stereocenters. The summed E-state index contributed by atoms with van der Waals surface area (Å²) >= 11 is 0. The molecule has 0 amide bonds. The number of piperazine rings is 1. The van der Waals surface area contributed by atoms with E-state index in [1.807, 2.05) is 0 Å². The Labute approximate surface area is 125 Å². The Balaban J connectivity index is 1.94. The molecule has 0 unspecified atom stereocenters. The first-order valence-corrected chi connectivity index (χ1v) is 7.42. The minimum atomic E-state index is -1.02. The summed E-state index contributed by atoms with van der Waals surface area (Å²) in [5.74, 6) is -0.691. The lowest BCUT2D eigenvalue weighted by molar-refractivity contribution is 0.0696. The van der Waals surface area contributed by atoms with E-state index < -0.39 is 5.97 Å². The van der Waals surface area contributed by atoms with Gasteiger partial charge < -0.3 is 10.0 Å². The second kappa shape index (κ2) is 7.00. The zero-order valence-electron chi connectivity index (χ0n) is 12.7. The van der Waals surface area contributed by atoms with Crippen LogP contribution in [0.5, 0.6) is 0 Å². The molecule has 1 heterocycles. The minimum absolute atomic E-state index is 0.143. The van der Waals surface area contributed by atoms with Gasteiger partial charge in [-0.1, -0.05) is 13.8 Å². The predicted molar refractivity (Wildman–Crippen MR) is 79.9 cm³/mol. The van der Waals surface area contributed by atoms with Crippen LogP contribution in [-0.2, 0) is 6.54 Å². The molecule has 0 radical (unpaired) electrons. The topological polar surface area (TPSA) is 43.8 Å². The van der Waals surface area contributed by atoms with Gasteiger partial charge in [-0.3, -0.25) is 4.90 Å². The van der Waals surface area contributed by atoms with Crippen LogP contribution < -0.4 is 0 Å². The molecule has 0 spiro atoms. The maximum atomic E-state index is 13.8. The number of carboxylic acid groups (broad SMARTS) is 1. The fraction of sp³-hybridized carbons (Fsp3) is 0.562. The molecule has 1 aromatic rings. The van der Waals surface area contributed by atoms with Gasteiger partial charge in [0, 0.05) is 44.8 Å². The number of aromatic carboxylic acids is 1. The third-order valence-electron chi connectivity index (χ3n) is 3.77. The van der Waals surface area contributed by atoms with Crippen molar-refractivity contribution in [2.45, 2.75) is 20.4 Å². The molecule has 1 aliphatic rings. The Morgan fingerprint density at radius 2 is 1.86 bits per heavy atom. The Bertz CT molecular complexity index is 497. The Morgan fingerprint density at radius 1 is 1.24 bits per heavy atom. The van der Waals surface area contributed by atoms with E-state index in [-0.39, 0.29) is 11.4 Å². The van der Waals surface area contributed by atoms with Crippen molar-refractivity contribution < 1.29 is 14.3 Å². The van der Waals surface area contributed by atoms with Crippen LogP contribution in [0, 0.1) is 11.7 Å². The van der Waals surface area contributed by atoms with E-state index in [0.717, 1.165) is 32.7 Å². The molecule has 1 aliphatic heterocycles. The van der Waals surface area contributed by atoms with E-state index >= 15 is 0 Å². The first-order chi connectivity index (χ1) is 9.95. The second-order valence-corrected chi connectivity index (χ2v) is 6.08. The number of hydrogen-bond acceptors (Lipinski definition) is 3. The lowest BCUT2D eigenvalue weighted by atomic mass is 10.1. The average Bonchev–Trinajstić information content (AvgIpc) is 2.42. The molecule has 1 saturated heterocycles. The summed E-state index contributed by atoms with van der Waals surface area (Å²) in [5.41, 5.74) is 0.608. The first-order valence-electron chi connectivity index (χ1n) is 7.42. The molecule has 5 heteroatoms. The summed E-state index contributed by atoms with van der Waals surface area (Å²) in [6.45, 7) is 9.74. The number of hydrogen-bond donors (Lipinski definition) is 1. The smallest absolute Gasteiger partial charge is 0.335 e. The van der Waals surface area contributed by atoms with Gasteiger partial charge in [0.1, 0.15) is 5.82 Å². The molecule has 21 heavy (non-hydrogen) atoms. The lowest BCUT2D eigenvalue weighted by Crippen LogP contribution is -2.46. The van der Waals surface area contributed by atoms with Gasteiger partial charge in [-0.15, -0.1) is 0 Å². The van der Waals surface area contributed by atoms with Gasteiger partial charge in [0.2, 0.25) is 0 Å². The van der Waals surface area contributed by atoms with Crippen molar-refractivity contribution in [3.8, 4) is 0 Å². The minimum Gasteiger partial charge on any atom is -0.478 e. The van der Waals surface area contributed by atoms with Crippen molar-refractivity contribution in [2.24, 2.45) is 5.92 Å². The molecule has 1 N–H and O–H groups in total. The number of rotatable bonds is 5. The summed E-state index contributed by atoms with van der Waals surface area (Å²) in [7, 11) is 0. The van der Waals surface area contributed by atoms with Gasteiger partial charge in [-0.25, -0.2) is 9.18 Å². The largest absolute Gasteiger partial charge is 0.478 e. The molecule has 0 saturated carbocycles. The Kier molecular flexibility index (Phi) is 5.31. The molecular formula is C16H23FN2O2. The highest BCUT2D eigenvalue weighted by molar-refractivity contribution is 5.87. The number of halogens is 1. The third kappa shape index (κ3) is 4.51. The standard InChI is InChI=1S/C16H23FN2O2/c1-12(2)10-18-5-7-19(8-6-18)11-14-9-13(16(20)21)3-4-15(14)17/h3-4,9,12H,5-8,10-11H2,1-2H3,(H,20,21). The molecule has 2 rings (SSSR count). The highest BCUT2D eigenvalue weighted by Crippen LogP contribution is 2.15. The van der Waals surface area contributed by atoms with Crippen LogP contribution in [0.25, 0.3) is 0 Å². The van der Waals surface area contributed by atoms with Crippen LogP contribution in [0.15, 0.2) is 18.2 Å². The number of carboxylic acids is 1. The van der Waals surface area contributed by atoms with Gasteiger partial charge in [0.25, 0.3) is 0 Å². The number of nitrogens with zero attached hydrogens (tertiary/aromatic N) is 2. The van der Waals surface area contributed by atoms with E-state index in [0.29, 0.717) is 18.0 Å². The van der Waals surface area contributed by atoms with E-state index in [9.17, 15) is 9.18 Å². The Hall–Kier alpha value is -1.46. The molecule has 4 nitrogen and oxygen atoms in total. The van der Waals surface area contributed by atoms with Crippen LogP contribution in [0.2, 0.25) is 0 Å². The first kappa shape index (κ1) is 15.9. The van der Waals surface area contributed by atoms with Gasteiger partial charge in [0.05, 0.1) is 5.56 Å². The zero-order chi connectivity index (χ0) is 15.4. The van der Waals surface area contributed by atoms with Crippen molar-refractivity contribution in [1.29, 1.82) is 0 Å². The molecular weight excluding hydrogens is 271 g/mol. The van der Waals surface area contributed by atoms with Crippen molar-refractivity contribution in [2.75, 3.05) is 32.7 Å². The fourth-order valence-corrected chi connectivity index (χ4v) is 2.72. The van der Waals surface area contributed by atoms with E-state index in [2.05, 4.69) is 23.6 Å². The van der Waals surface area contributed by atoms with Crippen molar-refractivity contribution >= 4 is 5.97 Å². The van der Waals surface area contributed by atoms with Crippen LogP contribution in [0.1, 0.15) is 29.8 Å². The summed E-state index contributed by atoms with van der Waals surface area (Å²) < 4.78 is 13.8. The third-order valence-corrected chi connectivity index (χ3v) is 3.77. The number of carbonyl (C=O) groups is 1. The maximum absolute atomic E-state index is 13.8. The molecule has 0 aliphatic carbocycles. The molecule has 0 bridgehead atoms. The Morgan fingerprint density at radius 3 is 2.43 bits per heavy atom. The van der Waals surface area contributed by atoms with Crippen molar-refractivity contribution in [3.05, 3.63) is 35.1 Å². The zero-order valence-corrected chi connectivity index (χ0v) is 12.7. The van der Waals surface area contributed by atoms with E-state index in [4.69, 9.17) is 5.11 Å². The van der Waals surface area contributed by atoms with Gasteiger partial charge in [-0.05, 0) is 24.1 Å². The summed E-state index contributed by atoms with van der Waals surface area (Å²) in [4.78, 5) is 15.6. The second-order valence-electron chi connectivity index (χ2n) is 6.08. The van der Waals surface area contributed by atoms with Gasteiger partial charge in [0.15, 0.2) is 0 Å². The summed E-state index contributed by atoms with van der Waals surface area (Å²) in [5, 5.41) is 8.98. The maximum Gasteiger partial charge on any atom is 0.335 e. The fourth-order valence-electron chi connectivity index (χ4n) is 2.72. The van der Waals surface area contributed by atoms with E-state index in [1.165, 1.54) is 18.2 Å². The van der Waals surface area contributed by atoms with Crippen LogP contribution in [0.4, 0.5) is 4.39 Å². The summed E-state index contributed by atoms with van der Waals surface area (Å²) in [6.07, 6.45) is 0. The van der Waals surface area contributed by atoms with Crippen LogP contribution >= 0.6 is 0 Å². The van der Waals surface area contributed by atoms with Crippen molar-refractivity contribution in [3.63, 3.8) is 0 Å². The van der Waals surface area contributed by atoms with Crippen LogP contribution in [0.3, 0.4) is 0 Å². The molecule has 0 aromatic heterocycles. The molecule has 1 aromatic carbocycles. The number of benzene rings is 1. The van der Waals surface area contributed by atoms with E-state index in [1.54, 1.807) is 0 Å². The normalized spacial score (nSPS) is 17.3. The molecule has 1 fully saturated rings. The van der Waals surface area contributed by atoms with Gasteiger partial charge >= 0.3 is 5.97 Å². The predicted octanol–water partition coefficient (Wildman–Crippen LogP) is 2.30. The molecule has 116 valence electrons. The van der Waals surface area contributed by atoms with Crippen molar-refractivity contribution in [1.82, 2.24) is 9.80 Å². The monoisotopic (exact) mass is 294 g/mol. The van der Waals surface area contributed by atoms with Crippen LogP contribution in [-0.4, -0.2) is 53.6 Å². The summed E-state index contributed by atoms with van der Waals surface area (Å²) in [6, 6.07) is 3.99. The average molecular weight is 294 g/mol. The van der Waals surface area contributed by atoms with Gasteiger partial charge in [-0.2, -0.15) is 0 Å². The lowest BCUT2D eigenvalue weighted by Gasteiger charge is -2.35. The highest BCUT2D eigenvalue weighted by atomic mass is 19.1. The quantitative estimate of drug-likeness (QED) is 0.905.